The molecule has 0 aromatic carbocycles. The van der Waals surface area contributed by atoms with Crippen LogP contribution in [0.15, 0.2) is 0 Å². The molecule has 0 saturated carbocycles. The van der Waals surface area contributed by atoms with Crippen molar-refractivity contribution in [3.63, 3.8) is 0 Å². The van der Waals surface area contributed by atoms with Crippen LogP contribution in [0.1, 0.15) is 12.8 Å². The predicted octanol–water partition coefficient (Wildman–Crippen LogP) is -0.545. The van der Waals surface area contributed by atoms with Crippen LogP contribution in [0.5, 0.6) is 0 Å². The third kappa shape index (κ3) is 1.80. The quantitative estimate of drug-likeness (QED) is 0.602. The molecule has 1 fully saturated rings. The normalized spacial score (nSPS) is 27.1. The number of amides is 1. The van der Waals surface area contributed by atoms with Gasteiger partial charge in [0.15, 0.2) is 5.54 Å². The first-order chi connectivity index (χ1) is 6.14. The van der Waals surface area contributed by atoms with E-state index in [-0.39, 0.29) is 12.5 Å². The van der Waals surface area contributed by atoms with Crippen LogP contribution in [0.2, 0.25) is 0 Å². The van der Waals surface area contributed by atoms with Gasteiger partial charge in [-0.25, -0.2) is 4.79 Å². The monoisotopic (exact) mass is 187 g/mol. The van der Waals surface area contributed by atoms with Gasteiger partial charge in [-0.3, -0.25) is 4.79 Å². The van der Waals surface area contributed by atoms with Gasteiger partial charge in [-0.05, 0) is 6.42 Å². The highest BCUT2D eigenvalue weighted by Gasteiger charge is 2.45. The SMILES string of the molecule is COC[C@]1(C(=O)OC)CCC(=O)N1. The Bertz CT molecular complexity index is 228. The molecule has 0 aromatic heterocycles. The van der Waals surface area contributed by atoms with Crippen molar-refractivity contribution in [2.75, 3.05) is 20.8 Å². The van der Waals surface area contributed by atoms with Crippen molar-refractivity contribution in [3.8, 4) is 0 Å². The van der Waals surface area contributed by atoms with Crippen LogP contribution in [0.4, 0.5) is 0 Å². The van der Waals surface area contributed by atoms with Crippen LogP contribution in [0.25, 0.3) is 0 Å². The minimum Gasteiger partial charge on any atom is -0.467 e. The smallest absolute Gasteiger partial charge is 0.334 e. The lowest BCUT2D eigenvalue weighted by Gasteiger charge is -2.24. The largest absolute Gasteiger partial charge is 0.467 e. The Hall–Kier alpha value is -1.10. The van der Waals surface area contributed by atoms with E-state index in [2.05, 4.69) is 10.1 Å². The van der Waals surface area contributed by atoms with Gasteiger partial charge in [0.05, 0.1) is 13.7 Å². The molecule has 5 heteroatoms. The highest BCUT2D eigenvalue weighted by atomic mass is 16.5. The maximum Gasteiger partial charge on any atom is 0.334 e. The topological polar surface area (TPSA) is 64.6 Å². The maximum absolute atomic E-state index is 11.4. The summed E-state index contributed by atoms with van der Waals surface area (Å²) >= 11 is 0. The Morgan fingerprint density at radius 1 is 1.62 bits per heavy atom. The minimum atomic E-state index is -0.958. The fraction of sp³-hybridized carbons (Fsp3) is 0.750. The molecule has 1 saturated heterocycles. The number of carbonyl (C=O) groups excluding carboxylic acids is 2. The molecule has 1 atom stereocenters. The van der Waals surface area contributed by atoms with Crippen molar-refractivity contribution in [2.24, 2.45) is 0 Å². The van der Waals surface area contributed by atoms with E-state index in [1.165, 1.54) is 14.2 Å². The molecule has 1 N–H and O–H groups in total. The summed E-state index contributed by atoms with van der Waals surface area (Å²) in [7, 11) is 2.78. The second kappa shape index (κ2) is 3.74. The second-order valence-electron chi connectivity index (χ2n) is 3.05. The number of hydrogen-bond donors (Lipinski definition) is 1. The van der Waals surface area contributed by atoms with Gasteiger partial charge in [0, 0.05) is 13.5 Å². The third-order valence-electron chi connectivity index (χ3n) is 2.12. The zero-order valence-corrected chi connectivity index (χ0v) is 7.75. The van der Waals surface area contributed by atoms with Crippen LogP contribution < -0.4 is 5.32 Å². The van der Waals surface area contributed by atoms with Gasteiger partial charge in [-0.1, -0.05) is 0 Å². The summed E-state index contributed by atoms with van der Waals surface area (Å²) in [6.07, 6.45) is 0.783. The van der Waals surface area contributed by atoms with E-state index in [1.807, 2.05) is 0 Å². The van der Waals surface area contributed by atoms with Crippen LogP contribution >= 0.6 is 0 Å². The standard InChI is InChI=1S/C8H13NO4/c1-12-5-8(7(11)13-2)4-3-6(10)9-8/h3-5H2,1-2H3,(H,9,10)/t8-/m0/s1. The Balaban J connectivity index is 2.76. The maximum atomic E-state index is 11.4. The van der Waals surface area contributed by atoms with Crippen LogP contribution in [0, 0.1) is 0 Å². The molecular weight excluding hydrogens is 174 g/mol. The second-order valence-corrected chi connectivity index (χ2v) is 3.05. The van der Waals surface area contributed by atoms with Crippen LogP contribution in [-0.2, 0) is 19.1 Å². The number of methoxy groups -OCH3 is 2. The molecule has 1 rings (SSSR count). The molecule has 0 aromatic rings. The van der Waals surface area contributed by atoms with Crippen molar-refractivity contribution >= 4 is 11.9 Å². The average molecular weight is 187 g/mol. The zero-order chi connectivity index (χ0) is 9.90. The van der Waals surface area contributed by atoms with Crippen LogP contribution in [-0.4, -0.2) is 38.2 Å². The molecule has 13 heavy (non-hydrogen) atoms. The van der Waals surface area contributed by atoms with E-state index < -0.39 is 11.5 Å². The summed E-state index contributed by atoms with van der Waals surface area (Å²) in [6.45, 7) is 0.158. The molecule has 0 spiro atoms. The van der Waals surface area contributed by atoms with Gasteiger partial charge in [0.1, 0.15) is 0 Å². The van der Waals surface area contributed by atoms with E-state index >= 15 is 0 Å². The molecule has 74 valence electrons. The third-order valence-corrected chi connectivity index (χ3v) is 2.12. The van der Waals surface area contributed by atoms with E-state index in [1.54, 1.807) is 0 Å². The van der Waals surface area contributed by atoms with E-state index in [4.69, 9.17) is 4.74 Å². The fourth-order valence-electron chi connectivity index (χ4n) is 1.48. The fourth-order valence-corrected chi connectivity index (χ4v) is 1.48. The van der Waals surface area contributed by atoms with E-state index in [0.717, 1.165) is 0 Å². The van der Waals surface area contributed by atoms with Gasteiger partial charge < -0.3 is 14.8 Å². The molecule has 0 bridgehead atoms. The summed E-state index contributed by atoms with van der Waals surface area (Å²) in [6, 6.07) is 0. The molecule has 1 aliphatic heterocycles. The van der Waals surface area contributed by atoms with Gasteiger partial charge >= 0.3 is 5.97 Å². The van der Waals surface area contributed by atoms with Crippen molar-refractivity contribution in [1.29, 1.82) is 0 Å². The molecule has 0 radical (unpaired) electrons. The van der Waals surface area contributed by atoms with Gasteiger partial charge in [0.25, 0.3) is 0 Å². The Morgan fingerprint density at radius 2 is 2.31 bits per heavy atom. The molecule has 0 aliphatic carbocycles. The molecular formula is C8H13NO4. The van der Waals surface area contributed by atoms with Crippen molar-refractivity contribution < 1.29 is 19.1 Å². The first-order valence-corrected chi connectivity index (χ1v) is 4.03. The first kappa shape index (κ1) is 9.98. The Morgan fingerprint density at radius 3 is 2.69 bits per heavy atom. The number of rotatable bonds is 3. The van der Waals surface area contributed by atoms with Crippen molar-refractivity contribution in [1.82, 2.24) is 5.32 Å². The number of esters is 1. The minimum absolute atomic E-state index is 0.137. The zero-order valence-electron chi connectivity index (χ0n) is 7.75. The van der Waals surface area contributed by atoms with Gasteiger partial charge in [0.2, 0.25) is 5.91 Å². The predicted molar refractivity (Wildman–Crippen MR) is 44.0 cm³/mol. The lowest BCUT2D eigenvalue weighted by atomic mass is 9.99. The highest BCUT2D eigenvalue weighted by molar-refractivity contribution is 5.91. The molecule has 1 amide bonds. The number of ether oxygens (including phenoxy) is 2. The summed E-state index contributed by atoms with van der Waals surface area (Å²) in [4.78, 5) is 22.3. The van der Waals surface area contributed by atoms with E-state index in [9.17, 15) is 9.59 Å². The summed E-state index contributed by atoms with van der Waals surface area (Å²) in [5.41, 5.74) is -0.958. The van der Waals surface area contributed by atoms with E-state index in [0.29, 0.717) is 12.8 Å². The number of hydrogen-bond acceptors (Lipinski definition) is 4. The lowest BCUT2D eigenvalue weighted by molar-refractivity contribution is -0.151. The van der Waals surface area contributed by atoms with Crippen molar-refractivity contribution in [2.45, 2.75) is 18.4 Å². The molecule has 1 aliphatic rings. The van der Waals surface area contributed by atoms with Gasteiger partial charge in [-0.2, -0.15) is 0 Å². The average Bonchev–Trinajstić information content (AvgIpc) is 2.48. The molecule has 0 unspecified atom stereocenters. The number of carbonyl (C=O) groups is 2. The highest BCUT2D eigenvalue weighted by Crippen LogP contribution is 2.21. The Kier molecular flexibility index (Phi) is 2.87. The van der Waals surface area contributed by atoms with Crippen molar-refractivity contribution in [3.05, 3.63) is 0 Å². The first-order valence-electron chi connectivity index (χ1n) is 4.03. The Labute approximate surface area is 76.4 Å². The molecule has 5 nitrogen and oxygen atoms in total. The van der Waals surface area contributed by atoms with Crippen LogP contribution in [0.3, 0.4) is 0 Å². The number of nitrogens with one attached hydrogen (secondary N) is 1. The molecule has 1 heterocycles. The lowest BCUT2D eigenvalue weighted by Crippen LogP contribution is -2.53. The summed E-state index contributed by atoms with van der Waals surface area (Å²) < 4.78 is 9.49. The van der Waals surface area contributed by atoms with Gasteiger partial charge in [-0.15, -0.1) is 0 Å². The summed E-state index contributed by atoms with van der Waals surface area (Å²) in [5.74, 6) is -0.581. The summed E-state index contributed by atoms with van der Waals surface area (Å²) in [5, 5.41) is 2.58.